The Morgan fingerprint density at radius 2 is 2.08 bits per heavy atom. The van der Waals surface area contributed by atoms with Crippen molar-refractivity contribution in [1.82, 2.24) is 9.80 Å². The topological polar surface area (TPSA) is 6.48 Å². The third-order valence-electron chi connectivity index (χ3n) is 2.21. The highest BCUT2D eigenvalue weighted by Crippen LogP contribution is 2.09. The minimum Gasteiger partial charge on any atom is -0.359 e. The molecule has 0 unspecified atom stereocenters. The van der Waals surface area contributed by atoms with E-state index < -0.39 is 0 Å². The van der Waals surface area contributed by atoms with Crippen LogP contribution in [0, 0.1) is 5.92 Å². The molecular formula is C11H20N2. The summed E-state index contributed by atoms with van der Waals surface area (Å²) < 4.78 is 0. The van der Waals surface area contributed by atoms with E-state index in [-0.39, 0.29) is 0 Å². The van der Waals surface area contributed by atoms with E-state index in [2.05, 4.69) is 42.6 Å². The molecule has 0 N–H and O–H groups in total. The summed E-state index contributed by atoms with van der Waals surface area (Å²) in [5.74, 6) is 0.793. The number of hydrogen-bond acceptors (Lipinski definition) is 2. The van der Waals surface area contributed by atoms with E-state index in [9.17, 15) is 0 Å². The maximum absolute atomic E-state index is 3.73. The molecule has 1 aliphatic rings. The maximum atomic E-state index is 3.73. The highest BCUT2D eigenvalue weighted by atomic mass is 15.3. The Kier molecular flexibility index (Phi) is 3.87. The summed E-state index contributed by atoms with van der Waals surface area (Å²) >= 11 is 0. The van der Waals surface area contributed by atoms with Crippen molar-refractivity contribution in [3.63, 3.8) is 0 Å². The second-order valence-electron chi connectivity index (χ2n) is 3.99. The van der Waals surface area contributed by atoms with Gasteiger partial charge in [-0.2, -0.15) is 0 Å². The first-order chi connectivity index (χ1) is 6.22. The summed E-state index contributed by atoms with van der Waals surface area (Å²) in [4.78, 5) is 4.61. The molecule has 0 aromatic carbocycles. The van der Waals surface area contributed by atoms with Crippen molar-refractivity contribution in [3.8, 4) is 0 Å². The maximum Gasteiger partial charge on any atom is 0.0896 e. The Hall–Kier alpha value is -0.920. The van der Waals surface area contributed by atoms with Crippen LogP contribution >= 0.6 is 0 Å². The largest absolute Gasteiger partial charge is 0.359 e. The first-order valence-corrected chi connectivity index (χ1v) is 4.99. The van der Waals surface area contributed by atoms with E-state index in [4.69, 9.17) is 0 Å². The molecule has 0 spiro atoms. The van der Waals surface area contributed by atoms with Gasteiger partial charge in [0.15, 0.2) is 0 Å². The molecule has 0 aromatic heterocycles. The van der Waals surface area contributed by atoms with Crippen LogP contribution in [-0.4, -0.2) is 29.6 Å². The normalized spacial score (nSPS) is 15.9. The van der Waals surface area contributed by atoms with Crippen LogP contribution in [0.1, 0.15) is 20.3 Å². The lowest BCUT2D eigenvalue weighted by molar-refractivity contribution is 0.269. The third-order valence-corrected chi connectivity index (χ3v) is 2.21. The van der Waals surface area contributed by atoms with Crippen molar-refractivity contribution < 1.29 is 0 Å². The monoisotopic (exact) mass is 180 g/mol. The van der Waals surface area contributed by atoms with Crippen molar-refractivity contribution in [3.05, 3.63) is 25.1 Å². The van der Waals surface area contributed by atoms with Gasteiger partial charge >= 0.3 is 0 Å². The Bertz CT molecular complexity index is 185. The molecule has 74 valence electrons. The summed E-state index contributed by atoms with van der Waals surface area (Å²) in [5.41, 5.74) is 0. The third kappa shape index (κ3) is 3.53. The lowest BCUT2D eigenvalue weighted by atomic mass is 10.1. The lowest BCUT2D eigenvalue weighted by Gasteiger charge is -2.20. The molecule has 1 heterocycles. The Morgan fingerprint density at radius 1 is 1.38 bits per heavy atom. The van der Waals surface area contributed by atoms with E-state index in [1.54, 1.807) is 0 Å². The second-order valence-corrected chi connectivity index (χ2v) is 3.99. The second kappa shape index (κ2) is 4.95. The van der Waals surface area contributed by atoms with Crippen molar-refractivity contribution >= 4 is 0 Å². The lowest BCUT2D eigenvalue weighted by Crippen LogP contribution is -2.26. The van der Waals surface area contributed by atoms with Crippen molar-refractivity contribution in [2.24, 2.45) is 5.92 Å². The number of rotatable bonds is 5. The van der Waals surface area contributed by atoms with Crippen LogP contribution < -0.4 is 0 Å². The van der Waals surface area contributed by atoms with Gasteiger partial charge in [0, 0.05) is 25.5 Å². The van der Waals surface area contributed by atoms with Crippen LogP contribution in [0.15, 0.2) is 25.1 Å². The van der Waals surface area contributed by atoms with Gasteiger partial charge in [-0.25, -0.2) is 0 Å². The molecule has 0 saturated heterocycles. The van der Waals surface area contributed by atoms with Crippen molar-refractivity contribution in [2.45, 2.75) is 20.3 Å². The number of hydrogen-bond donors (Lipinski definition) is 0. The molecule has 0 amide bonds. The fourth-order valence-electron chi connectivity index (χ4n) is 1.37. The van der Waals surface area contributed by atoms with Gasteiger partial charge in [0.2, 0.25) is 0 Å². The average Bonchev–Trinajstić information content (AvgIpc) is 2.50. The zero-order chi connectivity index (χ0) is 9.68. The Morgan fingerprint density at radius 3 is 2.69 bits per heavy atom. The average molecular weight is 180 g/mol. The van der Waals surface area contributed by atoms with Crippen LogP contribution in [-0.2, 0) is 0 Å². The fourth-order valence-corrected chi connectivity index (χ4v) is 1.37. The molecule has 0 fully saturated rings. The minimum atomic E-state index is 0.793. The van der Waals surface area contributed by atoms with Crippen LogP contribution in [0.5, 0.6) is 0 Å². The van der Waals surface area contributed by atoms with Gasteiger partial charge in [-0.15, -0.1) is 6.58 Å². The molecule has 0 aliphatic carbocycles. The van der Waals surface area contributed by atoms with Crippen LogP contribution in [0.2, 0.25) is 0 Å². The fraction of sp³-hybridized carbons (Fsp3) is 0.636. The van der Waals surface area contributed by atoms with Crippen LogP contribution in [0.25, 0.3) is 0 Å². The first kappa shape index (κ1) is 10.2. The van der Waals surface area contributed by atoms with Gasteiger partial charge in [-0.05, 0) is 12.3 Å². The molecular weight excluding hydrogens is 160 g/mol. The quantitative estimate of drug-likeness (QED) is 0.599. The predicted octanol–water partition coefficient (Wildman–Crippen LogP) is 2.26. The van der Waals surface area contributed by atoms with Gasteiger partial charge in [-0.1, -0.05) is 19.9 Å². The standard InChI is InChI=1S/C11H20N2/c1-4-6-12-8-9-13(10-12)7-5-11(2)3/h4,8-9,11H,1,5-7,10H2,2-3H3. The summed E-state index contributed by atoms with van der Waals surface area (Å²) in [5, 5.41) is 0. The van der Waals surface area contributed by atoms with Crippen LogP contribution in [0.4, 0.5) is 0 Å². The molecule has 1 aliphatic heterocycles. The molecule has 0 saturated carbocycles. The summed E-state index contributed by atoms with van der Waals surface area (Å²) in [6.45, 7) is 11.4. The van der Waals surface area contributed by atoms with E-state index in [0.29, 0.717) is 0 Å². The summed E-state index contributed by atoms with van der Waals surface area (Å²) in [6.07, 6.45) is 7.52. The SMILES string of the molecule is C=CCN1C=CN(CCC(C)C)C1. The molecule has 0 radical (unpaired) electrons. The molecule has 0 atom stereocenters. The number of nitrogens with zero attached hydrogens (tertiary/aromatic N) is 2. The van der Waals surface area contributed by atoms with Gasteiger partial charge < -0.3 is 9.80 Å². The van der Waals surface area contributed by atoms with Gasteiger partial charge in [-0.3, -0.25) is 0 Å². The smallest absolute Gasteiger partial charge is 0.0896 e. The highest BCUT2D eigenvalue weighted by molar-refractivity contribution is 4.93. The molecule has 1 rings (SSSR count). The van der Waals surface area contributed by atoms with Crippen molar-refractivity contribution in [1.29, 1.82) is 0 Å². The van der Waals surface area contributed by atoms with Gasteiger partial charge in [0.25, 0.3) is 0 Å². The van der Waals surface area contributed by atoms with Crippen molar-refractivity contribution in [2.75, 3.05) is 19.8 Å². The molecule has 2 nitrogen and oxygen atoms in total. The van der Waals surface area contributed by atoms with E-state index >= 15 is 0 Å². The van der Waals surface area contributed by atoms with E-state index in [0.717, 1.165) is 19.1 Å². The molecule has 0 bridgehead atoms. The molecule has 0 aromatic rings. The van der Waals surface area contributed by atoms with Gasteiger partial charge in [0.1, 0.15) is 0 Å². The summed E-state index contributed by atoms with van der Waals surface area (Å²) in [7, 11) is 0. The minimum absolute atomic E-state index is 0.793. The molecule has 13 heavy (non-hydrogen) atoms. The Balaban J connectivity index is 2.18. The summed E-state index contributed by atoms with van der Waals surface area (Å²) in [6, 6.07) is 0. The van der Waals surface area contributed by atoms with E-state index in [1.807, 2.05) is 6.08 Å². The van der Waals surface area contributed by atoms with E-state index in [1.165, 1.54) is 13.0 Å². The highest BCUT2D eigenvalue weighted by Gasteiger charge is 2.10. The predicted molar refractivity (Wildman–Crippen MR) is 57.1 cm³/mol. The Labute approximate surface area is 81.5 Å². The molecule has 2 heteroatoms. The first-order valence-electron chi connectivity index (χ1n) is 4.99. The zero-order valence-corrected chi connectivity index (χ0v) is 8.74. The zero-order valence-electron chi connectivity index (χ0n) is 8.74. The van der Waals surface area contributed by atoms with Gasteiger partial charge in [0.05, 0.1) is 6.67 Å². The van der Waals surface area contributed by atoms with Crippen LogP contribution in [0.3, 0.4) is 0 Å².